The van der Waals surface area contributed by atoms with E-state index in [0.29, 0.717) is 13.0 Å². The summed E-state index contributed by atoms with van der Waals surface area (Å²) >= 11 is 0. The molecule has 1 heterocycles. The first kappa shape index (κ1) is 20.7. The van der Waals surface area contributed by atoms with E-state index in [9.17, 15) is 4.79 Å². The lowest BCUT2D eigenvalue weighted by molar-refractivity contribution is -0.139. The Morgan fingerprint density at radius 2 is 1.88 bits per heavy atom. The van der Waals surface area contributed by atoms with Crippen molar-refractivity contribution >= 4 is 11.6 Å². The molecule has 1 N–H and O–H groups in total. The van der Waals surface area contributed by atoms with Crippen molar-refractivity contribution < 1.29 is 14.3 Å². The van der Waals surface area contributed by atoms with Crippen LogP contribution >= 0.6 is 0 Å². The highest BCUT2D eigenvalue weighted by Gasteiger charge is 2.32. The second-order valence-corrected chi connectivity index (χ2v) is 7.14. The van der Waals surface area contributed by atoms with Crippen molar-refractivity contribution in [2.24, 2.45) is 0 Å². The molecule has 5 nitrogen and oxygen atoms in total. The molecule has 2 rings (SSSR count). The van der Waals surface area contributed by atoms with Crippen LogP contribution in [0.25, 0.3) is 0 Å². The van der Waals surface area contributed by atoms with Crippen LogP contribution in [0.1, 0.15) is 52.9 Å². The van der Waals surface area contributed by atoms with E-state index in [1.807, 2.05) is 38.1 Å². The molecule has 0 aliphatic carbocycles. The quantitative estimate of drug-likeness (QED) is 0.603. The Morgan fingerprint density at radius 1 is 1.19 bits per heavy atom. The standard InChI is InChI=1S/C21H34N2O3/c1-4-13-21(3,26-5-2)20(24)22-18-9-11-19(12-10-18)25-17-8-16-23-14-6-7-15-23/h9-12H,4-8,13-17H2,1-3H3,(H,22,24)/t21-/m0/s1. The van der Waals surface area contributed by atoms with Gasteiger partial charge in [-0.25, -0.2) is 0 Å². The second kappa shape index (κ2) is 10.5. The zero-order valence-corrected chi connectivity index (χ0v) is 16.6. The van der Waals surface area contributed by atoms with Gasteiger partial charge in [0, 0.05) is 18.8 Å². The van der Waals surface area contributed by atoms with Crippen molar-refractivity contribution in [3.05, 3.63) is 24.3 Å². The number of hydrogen-bond acceptors (Lipinski definition) is 4. The smallest absolute Gasteiger partial charge is 0.256 e. The molecule has 1 aromatic rings. The molecule has 1 amide bonds. The van der Waals surface area contributed by atoms with E-state index in [0.717, 1.165) is 37.4 Å². The van der Waals surface area contributed by atoms with Gasteiger partial charge in [-0.15, -0.1) is 0 Å². The largest absolute Gasteiger partial charge is 0.494 e. The lowest BCUT2D eigenvalue weighted by atomic mass is 9.99. The number of amides is 1. The monoisotopic (exact) mass is 362 g/mol. The highest BCUT2D eigenvalue weighted by molar-refractivity contribution is 5.97. The Labute approximate surface area is 158 Å². The minimum absolute atomic E-state index is 0.0968. The fourth-order valence-corrected chi connectivity index (χ4v) is 3.43. The molecule has 0 aromatic heterocycles. The van der Waals surface area contributed by atoms with Crippen molar-refractivity contribution in [2.45, 2.75) is 58.5 Å². The number of carbonyl (C=O) groups excluding carboxylic acids is 1. The van der Waals surface area contributed by atoms with Crippen LogP contribution in [0.3, 0.4) is 0 Å². The third-order valence-corrected chi connectivity index (χ3v) is 4.87. The molecule has 1 atom stereocenters. The minimum atomic E-state index is -0.783. The molecule has 5 heteroatoms. The van der Waals surface area contributed by atoms with Crippen molar-refractivity contribution in [3.63, 3.8) is 0 Å². The average molecular weight is 363 g/mol. The fourth-order valence-electron chi connectivity index (χ4n) is 3.43. The lowest BCUT2D eigenvalue weighted by Crippen LogP contribution is -2.42. The number of nitrogens with one attached hydrogen (secondary N) is 1. The van der Waals surface area contributed by atoms with E-state index >= 15 is 0 Å². The Balaban J connectivity index is 1.77. The van der Waals surface area contributed by atoms with Gasteiger partial charge >= 0.3 is 0 Å². The molecular weight excluding hydrogens is 328 g/mol. The van der Waals surface area contributed by atoms with Crippen LogP contribution in [0.4, 0.5) is 5.69 Å². The van der Waals surface area contributed by atoms with E-state index in [1.54, 1.807) is 0 Å². The SMILES string of the molecule is CCC[C@](C)(OCC)C(=O)Nc1ccc(OCCCN2CCCC2)cc1. The Hall–Kier alpha value is -1.59. The topological polar surface area (TPSA) is 50.8 Å². The Bertz CT molecular complexity index is 533. The van der Waals surface area contributed by atoms with Crippen LogP contribution < -0.4 is 10.1 Å². The molecule has 0 radical (unpaired) electrons. The molecule has 0 bridgehead atoms. The molecule has 1 aromatic carbocycles. The summed E-state index contributed by atoms with van der Waals surface area (Å²) in [6, 6.07) is 7.57. The predicted molar refractivity (Wildman–Crippen MR) is 106 cm³/mol. The molecule has 1 aliphatic heterocycles. The molecule has 0 saturated carbocycles. The van der Waals surface area contributed by atoms with Crippen molar-refractivity contribution in [1.82, 2.24) is 4.90 Å². The van der Waals surface area contributed by atoms with E-state index < -0.39 is 5.60 Å². The molecule has 1 fully saturated rings. The lowest BCUT2D eigenvalue weighted by Gasteiger charge is -2.27. The van der Waals surface area contributed by atoms with Crippen molar-refractivity contribution in [2.75, 3.05) is 38.2 Å². The Kier molecular flexibility index (Phi) is 8.39. The van der Waals surface area contributed by atoms with Crippen molar-refractivity contribution in [1.29, 1.82) is 0 Å². The van der Waals surface area contributed by atoms with Crippen LogP contribution in [0.5, 0.6) is 5.75 Å². The predicted octanol–water partition coefficient (Wildman–Crippen LogP) is 4.09. The zero-order chi connectivity index (χ0) is 18.8. The maximum absolute atomic E-state index is 12.6. The van der Waals surface area contributed by atoms with Crippen LogP contribution in [0, 0.1) is 0 Å². The van der Waals surface area contributed by atoms with Gasteiger partial charge in [0.05, 0.1) is 6.61 Å². The summed E-state index contributed by atoms with van der Waals surface area (Å²) in [4.78, 5) is 15.1. The van der Waals surface area contributed by atoms with E-state index in [2.05, 4.69) is 17.1 Å². The van der Waals surface area contributed by atoms with E-state index in [1.165, 1.54) is 25.9 Å². The number of anilines is 1. The number of ether oxygens (including phenoxy) is 2. The molecular formula is C21H34N2O3. The number of hydrogen-bond donors (Lipinski definition) is 1. The zero-order valence-electron chi connectivity index (χ0n) is 16.6. The third kappa shape index (κ3) is 6.29. The summed E-state index contributed by atoms with van der Waals surface area (Å²) in [5.41, 5.74) is -0.0183. The summed E-state index contributed by atoms with van der Waals surface area (Å²) < 4.78 is 11.5. The van der Waals surface area contributed by atoms with Crippen LogP contribution in [-0.4, -0.2) is 49.3 Å². The molecule has 1 aliphatic rings. The maximum Gasteiger partial charge on any atom is 0.256 e. The van der Waals surface area contributed by atoms with Gasteiger partial charge in [-0.05, 0) is 76.9 Å². The fraction of sp³-hybridized carbons (Fsp3) is 0.667. The van der Waals surface area contributed by atoms with Gasteiger partial charge in [0.2, 0.25) is 0 Å². The number of rotatable bonds is 11. The summed E-state index contributed by atoms with van der Waals surface area (Å²) in [5.74, 6) is 0.742. The van der Waals surface area contributed by atoms with E-state index in [-0.39, 0.29) is 5.91 Å². The van der Waals surface area contributed by atoms with Gasteiger partial charge in [-0.1, -0.05) is 13.3 Å². The molecule has 26 heavy (non-hydrogen) atoms. The second-order valence-electron chi connectivity index (χ2n) is 7.14. The van der Waals surface area contributed by atoms with Crippen LogP contribution in [0.2, 0.25) is 0 Å². The summed E-state index contributed by atoms with van der Waals surface area (Å²) in [6.07, 6.45) is 5.30. The Morgan fingerprint density at radius 3 is 2.50 bits per heavy atom. The maximum atomic E-state index is 12.6. The minimum Gasteiger partial charge on any atom is -0.494 e. The third-order valence-electron chi connectivity index (χ3n) is 4.87. The normalized spacial score (nSPS) is 17.0. The van der Waals surface area contributed by atoms with Crippen LogP contribution in [0.15, 0.2) is 24.3 Å². The molecule has 1 saturated heterocycles. The number of benzene rings is 1. The van der Waals surface area contributed by atoms with Gasteiger partial charge in [0.15, 0.2) is 0 Å². The van der Waals surface area contributed by atoms with Gasteiger partial charge in [-0.3, -0.25) is 4.79 Å². The summed E-state index contributed by atoms with van der Waals surface area (Å²) in [7, 11) is 0. The first-order chi connectivity index (χ1) is 12.6. The van der Waals surface area contributed by atoms with Gasteiger partial charge in [0.1, 0.15) is 11.4 Å². The summed E-state index contributed by atoms with van der Waals surface area (Å²) in [6.45, 7) is 10.6. The van der Waals surface area contributed by atoms with Crippen molar-refractivity contribution in [3.8, 4) is 5.75 Å². The first-order valence-corrected chi connectivity index (χ1v) is 9.98. The average Bonchev–Trinajstić information content (AvgIpc) is 3.14. The molecule has 0 spiro atoms. The van der Waals surface area contributed by atoms with E-state index in [4.69, 9.17) is 9.47 Å². The van der Waals surface area contributed by atoms with Gasteiger partial charge < -0.3 is 19.7 Å². The number of nitrogens with zero attached hydrogens (tertiary/aromatic N) is 1. The van der Waals surface area contributed by atoms with Gasteiger partial charge in [-0.2, -0.15) is 0 Å². The number of carbonyl (C=O) groups is 1. The van der Waals surface area contributed by atoms with Gasteiger partial charge in [0.25, 0.3) is 5.91 Å². The first-order valence-electron chi connectivity index (χ1n) is 9.98. The highest BCUT2D eigenvalue weighted by Crippen LogP contribution is 2.22. The summed E-state index contributed by atoms with van der Waals surface area (Å²) in [5, 5.41) is 2.96. The van der Waals surface area contributed by atoms with Crippen LogP contribution in [-0.2, 0) is 9.53 Å². The number of likely N-dealkylation sites (tertiary alicyclic amines) is 1. The molecule has 146 valence electrons. The highest BCUT2D eigenvalue weighted by atomic mass is 16.5. The molecule has 0 unspecified atom stereocenters.